The summed E-state index contributed by atoms with van der Waals surface area (Å²) in [5, 5.41) is 13.8. The summed E-state index contributed by atoms with van der Waals surface area (Å²) >= 11 is 12.8. The average Bonchev–Trinajstić information content (AvgIpc) is 2.64. The van der Waals surface area contributed by atoms with Gasteiger partial charge in [-0.1, -0.05) is 74.3 Å². The molecule has 0 saturated carbocycles. The van der Waals surface area contributed by atoms with Gasteiger partial charge in [0, 0.05) is 26.6 Å². The molecule has 2 unspecified atom stereocenters. The van der Waals surface area contributed by atoms with Gasteiger partial charge in [-0.2, -0.15) is 24.9 Å². The van der Waals surface area contributed by atoms with Crippen LogP contribution in [0.3, 0.4) is 0 Å². The second-order valence-corrected chi connectivity index (χ2v) is 10.4. The van der Waals surface area contributed by atoms with Gasteiger partial charge in [0.1, 0.15) is 0 Å². The van der Waals surface area contributed by atoms with E-state index in [0.717, 1.165) is 5.02 Å². The molecule has 0 heterocycles. The summed E-state index contributed by atoms with van der Waals surface area (Å²) in [5.74, 6) is 0.313. The van der Waals surface area contributed by atoms with Crippen LogP contribution in [0.5, 0.6) is 0 Å². The summed E-state index contributed by atoms with van der Waals surface area (Å²) < 4.78 is 38.3. The van der Waals surface area contributed by atoms with Crippen LogP contribution in [0.2, 0.25) is 10.0 Å². The lowest BCUT2D eigenvalue weighted by molar-refractivity contribution is -0.139. The molecule has 0 aliphatic rings. The fraction of sp³-hybridized carbons (Fsp3) is 0.455. The standard InChI is InChI=1S/C16H23ClF3NOS.C6H5Cl/c1-15(2,3)23-10-13(8-16(18,19)20)21-14(9-22)11-4-6-12(17)7-5-11;7-6-4-2-1-3-5-6/h4-7,13-14,21-22H,8-10H2,1-3H3;1-5H. The zero-order valence-electron chi connectivity index (χ0n) is 17.2. The molecule has 0 saturated heterocycles. The van der Waals surface area contributed by atoms with Crippen LogP contribution in [0.25, 0.3) is 0 Å². The Morgan fingerprint density at radius 2 is 1.47 bits per heavy atom. The number of nitrogens with one attached hydrogen (secondary N) is 1. The second-order valence-electron chi connectivity index (χ2n) is 7.69. The van der Waals surface area contributed by atoms with Gasteiger partial charge in [-0.15, -0.1) is 0 Å². The van der Waals surface area contributed by atoms with E-state index < -0.39 is 24.7 Å². The zero-order chi connectivity index (χ0) is 22.8. The largest absolute Gasteiger partial charge is 0.394 e. The molecule has 2 aromatic carbocycles. The van der Waals surface area contributed by atoms with Crippen LogP contribution < -0.4 is 5.32 Å². The van der Waals surface area contributed by atoms with E-state index in [1.807, 2.05) is 51.1 Å². The predicted molar refractivity (Wildman–Crippen MR) is 123 cm³/mol. The van der Waals surface area contributed by atoms with E-state index in [9.17, 15) is 18.3 Å². The molecule has 0 aromatic heterocycles. The third kappa shape index (κ3) is 12.7. The van der Waals surface area contributed by atoms with E-state index in [4.69, 9.17) is 23.2 Å². The van der Waals surface area contributed by atoms with Crippen molar-refractivity contribution in [3.8, 4) is 0 Å². The van der Waals surface area contributed by atoms with Crippen LogP contribution in [0.4, 0.5) is 13.2 Å². The molecule has 0 amide bonds. The number of halogens is 5. The molecule has 30 heavy (non-hydrogen) atoms. The Balaban J connectivity index is 0.000000539. The van der Waals surface area contributed by atoms with Crippen LogP contribution in [0, 0.1) is 0 Å². The van der Waals surface area contributed by atoms with Gasteiger partial charge < -0.3 is 10.4 Å². The molecule has 0 bridgehead atoms. The molecule has 2 N–H and O–H groups in total. The highest BCUT2D eigenvalue weighted by Crippen LogP contribution is 2.29. The lowest BCUT2D eigenvalue weighted by Crippen LogP contribution is -2.40. The third-order valence-electron chi connectivity index (χ3n) is 3.82. The van der Waals surface area contributed by atoms with Crippen molar-refractivity contribution in [2.75, 3.05) is 12.4 Å². The monoisotopic (exact) mass is 481 g/mol. The number of hydrogen-bond donors (Lipinski definition) is 2. The normalized spacial score (nSPS) is 13.9. The van der Waals surface area contributed by atoms with Crippen molar-refractivity contribution in [3.05, 3.63) is 70.2 Å². The molecule has 2 atom stereocenters. The lowest BCUT2D eigenvalue weighted by Gasteiger charge is -2.28. The van der Waals surface area contributed by atoms with Crippen molar-refractivity contribution >= 4 is 35.0 Å². The Bertz CT molecular complexity index is 722. The molecular formula is C22H28Cl2F3NOS. The number of benzene rings is 2. The molecule has 0 radical (unpaired) electrons. The quantitative estimate of drug-likeness (QED) is 0.439. The molecule has 2 aromatic rings. The Hall–Kier alpha value is -0.920. The number of rotatable bonds is 7. The van der Waals surface area contributed by atoms with Gasteiger partial charge in [-0.3, -0.25) is 0 Å². The third-order valence-corrected chi connectivity index (χ3v) is 5.76. The maximum atomic E-state index is 12.8. The van der Waals surface area contributed by atoms with Gasteiger partial charge in [-0.05, 0) is 29.8 Å². The van der Waals surface area contributed by atoms with Crippen molar-refractivity contribution < 1.29 is 18.3 Å². The maximum Gasteiger partial charge on any atom is 0.390 e. The van der Waals surface area contributed by atoms with E-state index in [0.29, 0.717) is 16.3 Å². The van der Waals surface area contributed by atoms with E-state index in [1.54, 1.807) is 24.3 Å². The predicted octanol–water partition coefficient (Wildman–Crippen LogP) is 7.16. The van der Waals surface area contributed by atoms with Crippen molar-refractivity contribution in [1.82, 2.24) is 5.32 Å². The number of aliphatic hydroxyl groups is 1. The highest BCUT2D eigenvalue weighted by Gasteiger charge is 2.33. The van der Waals surface area contributed by atoms with Gasteiger partial charge in [0.2, 0.25) is 0 Å². The number of alkyl halides is 3. The second kappa shape index (κ2) is 12.8. The zero-order valence-corrected chi connectivity index (χ0v) is 19.5. The molecule has 0 spiro atoms. The SMILES string of the molecule is CC(C)(C)SCC(CC(F)(F)F)NC(CO)c1ccc(Cl)cc1.Clc1ccccc1. The van der Waals surface area contributed by atoms with Crippen LogP contribution in [-0.2, 0) is 0 Å². The first-order valence-electron chi connectivity index (χ1n) is 9.43. The van der Waals surface area contributed by atoms with Gasteiger partial charge in [0.25, 0.3) is 0 Å². The fourth-order valence-electron chi connectivity index (χ4n) is 2.44. The van der Waals surface area contributed by atoms with Crippen LogP contribution in [0.15, 0.2) is 54.6 Å². The first-order valence-corrected chi connectivity index (χ1v) is 11.2. The van der Waals surface area contributed by atoms with Crippen molar-refractivity contribution in [3.63, 3.8) is 0 Å². The Labute approximate surface area is 191 Å². The summed E-state index contributed by atoms with van der Waals surface area (Å²) in [7, 11) is 0. The van der Waals surface area contributed by atoms with Crippen LogP contribution in [-0.4, -0.2) is 34.4 Å². The van der Waals surface area contributed by atoms with Crippen LogP contribution >= 0.6 is 35.0 Å². The summed E-state index contributed by atoms with van der Waals surface area (Å²) in [6.45, 7) is 5.61. The average molecular weight is 482 g/mol. The van der Waals surface area contributed by atoms with Gasteiger partial charge in [-0.25, -0.2) is 0 Å². The molecule has 8 heteroatoms. The number of aliphatic hydroxyl groups excluding tert-OH is 1. The summed E-state index contributed by atoms with van der Waals surface area (Å²) in [6.07, 6.45) is -5.18. The molecule has 2 nitrogen and oxygen atoms in total. The Morgan fingerprint density at radius 3 is 1.87 bits per heavy atom. The van der Waals surface area contributed by atoms with Gasteiger partial charge in [0.15, 0.2) is 0 Å². The van der Waals surface area contributed by atoms with E-state index in [-0.39, 0.29) is 11.4 Å². The molecule has 2 rings (SSSR count). The molecule has 168 valence electrons. The minimum absolute atomic E-state index is 0.124. The van der Waals surface area contributed by atoms with Crippen molar-refractivity contribution in [2.45, 2.75) is 50.2 Å². The minimum atomic E-state index is -4.25. The topological polar surface area (TPSA) is 32.3 Å². The highest BCUT2D eigenvalue weighted by atomic mass is 35.5. The van der Waals surface area contributed by atoms with Gasteiger partial charge >= 0.3 is 6.18 Å². The molecule has 0 aliphatic heterocycles. The minimum Gasteiger partial charge on any atom is -0.394 e. The molecule has 0 fully saturated rings. The lowest BCUT2D eigenvalue weighted by atomic mass is 10.1. The van der Waals surface area contributed by atoms with E-state index in [1.165, 1.54) is 11.8 Å². The maximum absolute atomic E-state index is 12.8. The molecule has 0 aliphatic carbocycles. The fourth-order valence-corrected chi connectivity index (χ4v) is 3.63. The molecular weight excluding hydrogens is 454 g/mol. The summed E-state index contributed by atoms with van der Waals surface area (Å²) in [4.78, 5) is 0. The Morgan fingerprint density at radius 1 is 0.933 bits per heavy atom. The number of hydrogen-bond acceptors (Lipinski definition) is 3. The first kappa shape index (κ1) is 27.1. The summed E-state index contributed by atoms with van der Waals surface area (Å²) in [5.41, 5.74) is 0.713. The van der Waals surface area contributed by atoms with Crippen LogP contribution in [0.1, 0.15) is 38.8 Å². The Kier molecular flexibility index (Phi) is 11.6. The van der Waals surface area contributed by atoms with Crippen molar-refractivity contribution in [1.29, 1.82) is 0 Å². The first-order chi connectivity index (χ1) is 13.9. The van der Waals surface area contributed by atoms with Gasteiger partial charge in [0.05, 0.1) is 19.1 Å². The van der Waals surface area contributed by atoms with Crippen molar-refractivity contribution in [2.24, 2.45) is 0 Å². The smallest absolute Gasteiger partial charge is 0.390 e. The highest BCUT2D eigenvalue weighted by molar-refractivity contribution is 8.00. The summed E-state index contributed by atoms with van der Waals surface area (Å²) in [6, 6.07) is 14.8. The van der Waals surface area contributed by atoms with E-state index in [2.05, 4.69) is 5.32 Å². The number of thioether (sulfide) groups is 1. The van der Waals surface area contributed by atoms with E-state index >= 15 is 0 Å².